The van der Waals surface area contributed by atoms with E-state index in [1.807, 2.05) is 13.8 Å². The Kier molecular flexibility index (Phi) is 4.44. The Balaban J connectivity index is 2.24. The van der Waals surface area contributed by atoms with Gasteiger partial charge in [-0.05, 0) is 31.4 Å². The number of fused-ring (bicyclic) bond motifs is 1. The number of nitro benzene ring substituents is 1. The molecule has 1 amide bonds. The number of carbonyl (C=O) groups is 1. The van der Waals surface area contributed by atoms with E-state index in [2.05, 4.69) is 10.3 Å². The number of nitro groups is 1. The Labute approximate surface area is 121 Å². The highest BCUT2D eigenvalue weighted by Gasteiger charge is 2.11. The third kappa shape index (κ3) is 3.73. The lowest BCUT2D eigenvalue weighted by Gasteiger charge is -2.09. The van der Waals surface area contributed by atoms with Crippen molar-refractivity contribution in [2.24, 2.45) is 0 Å². The summed E-state index contributed by atoms with van der Waals surface area (Å²) in [7, 11) is 0. The van der Waals surface area contributed by atoms with Gasteiger partial charge in [-0.3, -0.25) is 14.9 Å². The Bertz CT molecular complexity index is 685. The second kappa shape index (κ2) is 6.27. The summed E-state index contributed by atoms with van der Waals surface area (Å²) >= 11 is 0. The minimum Gasteiger partial charge on any atom is -0.369 e. The molecule has 0 unspecified atom stereocenters. The van der Waals surface area contributed by atoms with Gasteiger partial charge >= 0.3 is 0 Å². The SMILES string of the molecule is CC(C)OCC(=O)Nc1nccc2cc([N+](=O)[O-])ccc12. The molecule has 0 fully saturated rings. The predicted molar refractivity (Wildman–Crippen MR) is 78.1 cm³/mol. The highest BCUT2D eigenvalue weighted by Crippen LogP contribution is 2.25. The number of benzene rings is 1. The normalized spacial score (nSPS) is 10.8. The second-order valence-corrected chi connectivity index (χ2v) is 4.73. The minimum atomic E-state index is -0.464. The van der Waals surface area contributed by atoms with E-state index in [1.54, 1.807) is 12.1 Å². The van der Waals surface area contributed by atoms with Crippen molar-refractivity contribution in [2.75, 3.05) is 11.9 Å². The van der Waals surface area contributed by atoms with Gasteiger partial charge in [-0.2, -0.15) is 0 Å². The fourth-order valence-electron chi connectivity index (χ4n) is 1.79. The van der Waals surface area contributed by atoms with Crippen molar-refractivity contribution in [1.29, 1.82) is 0 Å². The van der Waals surface area contributed by atoms with E-state index in [9.17, 15) is 14.9 Å². The van der Waals surface area contributed by atoms with Crippen LogP contribution in [-0.4, -0.2) is 28.5 Å². The van der Waals surface area contributed by atoms with E-state index >= 15 is 0 Å². The van der Waals surface area contributed by atoms with Crippen LogP contribution in [0.3, 0.4) is 0 Å². The van der Waals surface area contributed by atoms with Crippen LogP contribution < -0.4 is 5.32 Å². The second-order valence-electron chi connectivity index (χ2n) is 4.73. The molecule has 0 atom stereocenters. The number of aromatic nitrogens is 1. The first-order valence-corrected chi connectivity index (χ1v) is 6.42. The van der Waals surface area contributed by atoms with Crippen LogP contribution in [0.2, 0.25) is 0 Å². The van der Waals surface area contributed by atoms with Crippen molar-refractivity contribution in [3.63, 3.8) is 0 Å². The van der Waals surface area contributed by atoms with Crippen LogP contribution in [-0.2, 0) is 9.53 Å². The summed E-state index contributed by atoms with van der Waals surface area (Å²) in [6, 6.07) is 6.05. The van der Waals surface area contributed by atoms with Gasteiger partial charge in [0.25, 0.3) is 11.6 Å². The predicted octanol–water partition coefficient (Wildman–Crippen LogP) is 2.51. The van der Waals surface area contributed by atoms with Crippen molar-refractivity contribution >= 4 is 28.2 Å². The zero-order chi connectivity index (χ0) is 15.4. The van der Waals surface area contributed by atoms with E-state index in [-0.39, 0.29) is 24.3 Å². The molecule has 7 nitrogen and oxygen atoms in total. The van der Waals surface area contributed by atoms with Crippen molar-refractivity contribution in [3.05, 3.63) is 40.6 Å². The molecular formula is C14H15N3O4. The maximum atomic E-state index is 11.8. The maximum absolute atomic E-state index is 11.8. The summed E-state index contributed by atoms with van der Waals surface area (Å²) in [6.07, 6.45) is 1.45. The molecule has 0 spiro atoms. The van der Waals surface area contributed by atoms with Crippen molar-refractivity contribution < 1.29 is 14.5 Å². The van der Waals surface area contributed by atoms with Crippen LogP contribution in [0.25, 0.3) is 10.8 Å². The molecule has 0 saturated carbocycles. The Morgan fingerprint density at radius 1 is 1.43 bits per heavy atom. The van der Waals surface area contributed by atoms with Crippen LogP contribution in [0.1, 0.15) is 13.8 Å². The first-order chi connectivity index (χ1) is 9.97. The highest BCUT2D eigenvalue weighted by molar-refractivity contribution is 6.01. The third-order valence-electron chi connectivity index (χ3n) is 2.76. The fourth-order valence-corrected chi connectivity index (χ4v) is 1.79. The monoisotopic (exact) mass is 289 g/mol. The number of non-ortho nitro benzene ring substituents is 1. The van der Waals surface area contributed by atoms with Crippen molar-refractivity contribution in [2.45, 2.75) is 20.0 Å². The number of amides is 1. The number of ether oxygens (including phenoxy) is 1. The number of nitrogens with one attached hydrogen (secondary N) is 1. The molecule has 21 heavy (non-hydrogen) atoms. The number of carbonyl (C=O) groups excluding carboxylic acids is 1. The lowest BCUT2D eigenvalue weighted by molar-refractivity contribution is -0.384. The Morgan fingerprint density at radius 2 is 2.19 bits per heavy atom. The lowest BCUT2D eigenvalue weighted by Crippen LogP contribution is -2.21. The molecule has 1 N–H and O–H groups in total. The van der Waals surface area contributed by atoms with Gasteiger partial charge in [0.1, 0.15) is 12.4 Å². The van der Waals surface area contributed by atoms with E-state index in [4.69, 9.17) is 4.74 Å². The highest BCUT2D eigenvalue weighted by atomic mass is 16.6. The fraction of sp³-hybridized carbons (Fsp3) is 0.286. The molecule has 0 bridgehead atoms. The molecule has 7 heteroatoms. The van der Waals surface area contributed by atoms with E-state index in [0.29, 0.717) is 16.6 Å². The Hall–Kier alpha value is -2.54. The number of rotatable bonds is 5. The molecule has 2 aromatic rings. The standard InChI is InChI=1S/C14H15N3O4/c1-9(2)21-8-13(18)16-14-12-4-3-11(17(19)20)7-10(12)5-6-15-14/h3-7,9H,8H2,1-2H3,(H,15,16,18). The average molecular weight is 289 g/mol. The van der Waals surface area contributed by atoms with Gasteiger partial charge in [-0.15, -0.1) is 0 Å². The topological polar surface area (TPSA) is 94.4 Å². The van der Waals surface area contributed by atoms with E-state index < -0.39 is 4.92 Å². The number of pyridine rings is 1. The number of anilines is 1. The third-order valence-corrected chi connectivity index (χ3v) is 2.76. The minimum absolute atomic E-state index is 0.00545. The summed E-state index contributed by atoms with van der Waals surface area (Å²) in [5, 5.41) is 14.7. The zero-order valence-corrected chi connectivity index (χ0v) is 11.7. The molecule has 2 rings (SSSR count). The average Bonchev–Trinajstić information content (AvgIpc) is 2.45. The molecule has 0 radical (unpaired) electrons. The number of nitrogens with zero attached hydrogens (tertiary/aromatic N) is 2. The van der Waals surface area contributed by atoms with Gasteiger partial charge in [-0.25, -0.2) is 4.98 Å². The summed E-state index contributed by atoms with van der Waals surface area (Å²) in [5.41, 5.74) is -0.00545. The first-order valence-electron chi connectivity index (χ1n) is 6.42. The molecule has 1 aromatic carbocycles. The Morgan fingerprint density at radius 3 is 2.86 bits per heavy atom. The summed E-state index contributed by atoms with van der Waals surface area (Å²) in [6.45, 7) is 3.61. The van der Waals surface area contributed by atoms with Gasteiger partial charge in [0.15, 0.2) is 0 Å². The molecule has 110 valence electrons. The van der Waals surface area contributed by atoms with E-state index in [1.165, 1.54) is 18.3 Å². The molecule has 0 saturated heterocycles. The van der Waals surface area contributed by atoms with Crippen molar-refractivity contribution in [3.8, 4) is 0 Å². The molecule has 0 aliphatic carbocycles. The largest absolute Gasteiger partial charge is 0.369 e. The van der Waals surface area contributed by atoms with Crippen LogP contribution >= 0.6 is 0 Å². The molecule has 1 heterocycles. The maximum Gasteiger partial charge on any atom is 0.270 e. The van der Waals surface area contributed by atoms with Crippen LogP contribution in [0, 0.1) is 10.1 Å². The van der Waals surface area contributed by atoms with Crippen LogP contribution in [0.5, 0.6) is 0 Å². The summed E-state index contributed by atoms with van der Waals surface area (Å²) in [5.74, 6) is 0.0433. The van der Waals surface area contributed by atoms with Gasteiger partial charge in [0, 0.05) is 23.7 Å². The van der Waals surface area contributed by atoms with Crippen LogP contribution in [0.15, 0.2) is 30.5 Å². The molecule has 0 aliphatic heterocycles. The summed E-state index contributed by atoms with van der Waals surface area (Å²) in [4.78, 5) is 26.1. The van der Waals surface area contributed by atoms with Crippen molar-refractivity contribution in [1.82, 2.24) is 4.98 Å². The summed E-state index contributed by atoms with van der Waals surface area (Å²) < 4.78 is 5.21. The van der Waals surface area contributed by atoms with Gasteiger partial charge in [0.2, 0.25) is 0 Å². The van der Waals surface area contributed by atoms with Gasteiger partial charge in [0.05, 0.1) is 11.0 Å². The smallest absolute Gasteiger partial charge is 0.270 e. The van der Waals surface area contributed by atoms with Crippen LogP contribution in [0.4, 0.5) is 11.5 Å². The van der Waals surface area contributed by atoms with Gasteiger partial charge < -0.3 is 10.1 Å². The first kappa shape index (κ1) is 14.9. The molecule has 0 aliphatic rings. The van der Waals surface area contributed by atoms with Gasteiger partial charge in [-0.1, -0.05) is 0 Å². The number of hydrogen-bond acceptors (Lipinski definition) is 5. The quantitative estimate of drug-likeness (QED) is 0.674. The van der Waals surface area contributed by atoms with E-state index in [0.717, 1.165) is 0 Å². The lowest BCUT2D eigenvalue weighted by atomic mass is 10.1. The zero-order valence-electron chi connectivity index (χ0n) is 11.7. The molecular weight excluding hydrogens is 274 g/mol. The number of hydrogen-bond donors (Lipinski definition) is 1. The molecule has 1 aromatic heterocycles.